The first-order valence-corrected chi connectivity index (χ1v) is 25.0. The summed E-state index contributed by atoms with van der Waals surface area (Å²) in [5, 5.41) is 0. The molecule has 0 saturated heterocycles. The van der Waals surface area contributed by atoms with Crippen LogP contribution in [-0.2, 0) is 16.2 Å². The molecule has 3 heterocycles. The second-order valence-electron chi connectivity index (χ2n) is 22.5. The number of para-hydroxylation sites is 3. The van der Waals surface area contributed by atoms with Gasteiger partial charge in [0.05, 0.1) is 11.2 Å². The Morgan fingerprint density at radius 3 is 1.63 bits per heavy atom. The topological polar surface area (TPSA) is 9.72 Å². The summed E-state index contributed by atoms with van der Waals surface area (Å²) in [6.07, 6.45) is 4.72. The zero-order valence-electron chi connectivity index (χ0n) is 41.1. The van der Waals surface area contributed by atoms with E-state index in [1.807, 2.05) is 0 Å². The molecule has 0 N–H and O–H groups in total. The van der Waals surface area contributed by atoms with Gasteiger partial charge in [0.2, 0.25) is 0 Å². The van der Waals surface area contributed by atoms with E-state index in [1.165, 1.54) is 114 Å². The van der Waals surface area contributed by atoms with Crippen molar-refractivity contribution < 1.29 is 0 Å². The molecule has 0 bridgehead atoms. The first kappa shape index (κ1) is 42.6. The molecule has 1 aliphatic carbocycles. The Morgan fingerprint density at radius 1 is 0.426 bits per heavy atom. The van der Waals surface area contributed by atoms with Crippen LogP contribution >= 0.6 is 0 Å². The number of fused-ring (bicyclic) bond motifs is 7. The number of nitrogens with zero attached hydrogens (tertiary/aromatic N) is 3. The van der Waals surface area contributed by atoms with Crippen LogP contribution in [0.4, 0.5) is 45.5 Å². The largest absolute Gasteiger partial charge is 0.334 e. The lowest BCUT2D eigenvalue weighted by molar-refractivity contribution is 0.195. The van der Waals surface area contributed by atoms with Gasteiger partial charge in [-0.15, -0.1) is 0 Å². The second kappa shape index (κ2) is 15.4. The van der Waals surface area contributed by atoms with E-state index >= 15 is 0 Å². The molecule has 1 saturated carbocycles. The van der Waals surface area contributed by atoms with Crippen molar-refractivity contribution in [1.82, 2.24) is 0 Å². The smallest absolute Gasteiger partial charge is 0.252 e. The fourth-order valence-electron chi connectivity index (χ4n) is 12.7. The van der Waals surface area contributed by atoms with Gasteiger partial charge in [-0.2, -0.15) is 0 Å². The summed E-state index contributed by atoms with van der Waals surface area (Å²) in [6, 6.07) is 69.6. The van der Waals surface area contributed by atoms with E-state index in [0.29, 0.717) is 0 Å². The minimum atomic E-state index is -0.159. The Labute approximate surface area is 405 Å². The van der Waals surface area contributed by atoms with Crippen molar-refractivity contribution in [3.63, 3.8) is 0 Å². The summed E-state index contributed by atoms with van der Waals surface area (Å²) in [6.45, 7) is 19.1. The summed E-state index contributed by atoms with van der Waals surface area (Å²) in [5.41, 5.74) is 23.0. The number of hydrogen-bond donors (Lipinski definition) is 0. The molecule has 0 amide bonds. The maximum atomic E-state index is 2.79. The van der Waals surface area contributed by atoms with Crippen LogP contribution in [0.5, 0.6) is 0 Å². The quantitative estimate of drug-likeness (QED) is 0.159. The molecule has 68 heavy (non-hydrogen) atoms. The molecule has 4 heteroatoms. The minimum Gasteiger partial charge on any atom is -0.334 e. The summed E-state index contributed by atoms with van der Waals surface area (Å²) in [5.74, 6) is 0. The van der Waals surface area contributed by atoms with Gasteiger partial charge in [0.15, 0.2) is 0 Å². The number of anilines is 8. The molecule has 336 valence electrons. The van der Waals surface area contributed by atoms with Crippen LogP contribution in [0.1, 0.15) is 97.8 Å². The first-order chi connectivity index (χ1) is 32.7. The van der Waals surface area contributed by atoms with E-state index in [9.17, 15) is 0 Å². The third-order valence-corrected chi connectivity index (χ3v) is 16.5. The Bertz CT molecular complexity index is 3250. The van der Waals surface area contributed by atoms with Gasteiger partial charge in [-0.25, -0.2) is 0 Å². The first-order valence-electron chi connectivity index (χ1n) is 25.0. The van der Waals surface area contributed by atoms with Crippen molar-refractivity contribution in [2.45, 2.75) is 103 Å². The number of rotatable bonds is 5. The van der Waals surface area contributed by atoms with Gasteiger partial charge >= 0.3 is 0 Å². The molecule has 2 atom stereocenters. The van der Waals surface area contributed by atoms with Crippen LogP contribution in [-0.4, -0.2) is 12.3 Å². The average molecular weight is 884 g/mol. The van der Waals surface area contributed by atoms with E-state index in [0.717, 1.165) is 12.8 Å². The molecule has 0 aromatic heterocycles. The van der Waals surface area contributed by atoms with Crippen molar-refractivity contribution in [1.29, 1.82) is 0 Å². The molecule has 1 fully saturated rings. The van der Waals surface area contributed by atoms with Gasteiger partial charge in [0, 0.05) is 50.8 Å². The van der Waals surface area contributed by atoms with E-state index in [-0.39, 0.29) is 28.5 Å². The van der Waals surface area contributed by atoms with Crippen molar-refractivity contribution in [3.8, 4) is 22.3 Å². The third kappa shape index (κ3) is 6.39. The summed E-state index contributed by atoms with van der Waals surface area (Å²) >= 11 is 0. The lowest BCUT2D eigenvalue weighted by Gasteiger charge is -2.51. The molecule has 0 radical (unpaired) electrons. The standard InChI is InChI=1S/C64H62BN3/c1-61(2,3)46-32-29-43(30-33-46)45-31-35-55-51(39-45)63(7)37-19-20-38-64(63,8)68(55)49-41-58-60-59(42-49)67(54-36-34-47(62(4,5)6)40-50(54)44-21-11-9-12-22-44)57-28-18-16-26-53(57)65(60)52-25-15-17-27-56(52)66(58)48-23-13-10-14-24-48/h9-18,21-36,39-42H,19-20,37-38H2,1-8H3. The lowest BCUT2D eigenvalue weighted by Crippen LogP contribution is -2.61. The van der Waals surface area contributed by atoms with E-state index in [1.54, 1.807) is 0 Å². The minimum absolute atomic E-state index is 0.0209. The Hall–Kier alpha value is -6.78. The lowest BCUT2D eigenvalue weighted by atomic mass is 9.33. The molecule has 8 aromatic carbocycles. The van der Waals surface area contributed by atoms with Gasteiger partial charge in [-0.3, -0.25) is 0 Å². The Morgan fingerprint density at radius 2 is 0.971 bits per heavy atom. The Kier molecular flexibility index (Phi) is 9.62. The highest BCUT2D eigenvalue weighted by molar-refractivity contribution is 7.00. The van der Waals surface area contributed by atoms with Gasteiger partial charge in [0.25, 0.3) is 6.71 Å². The van der Waals surface area contributed by atoms with Crippen molar-refractivity contribution in [2.24, 2.45) is 0 Å². The van der Waals surface area contributed by atoms with Crippen LogP contribution < -0.4 is 31.1 Å². The van der Waals surface area contributed by atoms with Crippen LogP contribution in [0.2, 0.25) is 0 Å². The molecule has 2 unspecified atom stereocenters. The molecule has 4 aliphatic rings. The maximum absolute atomic E-state index is 2.79. The van der Waals surface area contributed by atoms with Crippen LogP contribution in [0.15, 0.2) is 182 Å². The number of benzene rings is 8. The average Bonchev–Trinajstić information content (AvgIpc) is 3.56. The molecule has 8 aromatic rings. The zero-order valence-corrected chi connectivity index (χ0v) is 41.1. The summed E-state index contributed by atoms with van der Waals surface area (Å²) in [7, 11) is 0. The highest BCUT2D eigenvalue weighted by Gasteiger charge is 2.58. The number of hydrogen-bond acceptors (Lipinski definition) is 3. The predicted molar refractivity (Wildman–Crippen MR) is 292 cm³/mol. The summed E-state index contributed by atoms with van der Waals surface area (Å²) < 4.78 is 0. The molecular formula is C64H62BN3. The fraction of sp³-hybridized carbons (Fsp3) is 0.250. The molecule has 12 rings (SSSR count). The molecule has 3 aliphatic heterocycles. The zero-order chi connectivity index (χ0) is 46.7. The van der Waals surface area contributed by atoms with E-state index in [4.69, 9.17) is 0 Å². The van der Waals surface area contributed by atoms with Gasteiger partial charge in [0.1, 0.15) is 0 Å². The second-order valence-corrected chi connectivity index (χ2v) is 22.5. The third-order valence-electron chi connectivity index (χ3n) is 16.5. The maximum Gasteiger partial charge on any atom is 0.252 e. The van der Waals surface area contributed by atoms with Crippen molar-refractivity contribution in [2.75, 3.05) is 14.7 Å². The fourth-order valence-corrected chi connectivity index (χ4v) is 12.7. The molecule has 3 nitrogen and oxygen atoms in total. The van der Waals surface area contributed by atoms with Crippen molar-refractivity contribution >= 4 is 68.6 Å². The highest BCUT2D eigenvalue weighted by atomic mass is 15.3. The van der Waals surface area contributed by atoms with E-state index < -0.39 is 0 Å². The van der Waals surface area contributed by atoms with Crippen LogP contribution in [0.3, 0.4) is 0 Å². The SMILES string of the molecule is CC(C)(C)c1ccc(-c2ccc3c(c2)C2(C)CCCCC2(C)N3c2cc3c4c(c2)N(c2ccc(C(C)(C)C)cc2-c2ccccc2)c2ccccc2B4c2ccccc2N3c2ccccc2)cc1. The molecular weight excluding hydrogens is 822 g/mol. The van der Waals surface area contributed by atoms with E-state index in [2.05, 4.69) is 252 Å². The predicted octanol–water partition coefficient (Wildman–Crippen LogP) is 15.4. The van der Waals surface area contributed by atoms with Gasteiger partial charge in [-0.05, 0) is 141 Å². The normalized spacial score (nSPS) is 19.2. The van der Waals surface area contributed by atoms with Crippen LogP contribution in [0, 0.1) is 0 Å². The van der Waals surface area contributed by atoms with Gasteiger partial charge < -0.3 is 14.7 Å². The van der Waals surface area contributed by atoms with Gasteiger partial charge in [-0.1, -0.05) is 183 Å². The highest BCUT2D eigenvalue weighted by Crippen LogP contribution is 2.62. The summed E-state index contributed by atoms with van der Waals surface area (Å²) in [4.78, 5) is 7.98. The van der Waals surface area contributed by atoms with Crippen molar-refractivity contribution in [3.05, 3.63) is 199 Å². The monoisotopic (exact) mass is 884 g/mol. The molecule has 0 spiro atoms. The Balaban J connectivity index is 1.15. The van der Waals surface area contributed by atoms with Crippen LogP contribution in [0.25, 0.3) is 22.3 Å².